The van der Waals surface area contributed by atoms with Gasteiger partial charge in [0.2, 0.25) is 0 Å². The predicted molar refractivity (Wildman–Crippen MR) is 75.2 cm³/mol. The molecule has 0 bridgehead atoms. The summed E-state index contributed by atoms with van der Waals surface area (Å²) in [5.41, 5.74) is -0.480. The van der Waals surface area contributed by atoms with E-state index in [1.54, 1.807) is 6.07 Å². The van der Waals surface area contributed by atoms with Crippen molar-refractivity contribution in [3.8, 4) is 0 Å². The summed E-state index contributed by atoms with van der Waals surface area (Å²) in [6, 6.07) is 4.26. The van der Waals surface area contributed by atoms with Gasteiger partial charge in [0.25, 0.3) is 0 Å². The second kappa shape index (κ2) is 5.59. The van der Waals surface area contributed by atoms with Crippen LogP contribution in [0.25, 0.3) is 0 Å². The van der Waals surface area contributed by atoms with Crippen LogP contribution in [-0.4, -0.2) is 29.3 Å². The summed E-state index contributed by atoms with van der Waals surface area (Å²) in [7, 11) is 0. The fourth-order valence-electron chi connectivity index (χ4n) is 2.70. The number of nitrogens with zero attached hydrogens (tertiary/aromatic N) is 1. The normalized spacial score (nSPS) is 19.4. The Morgan fingerprint density at radius 3 is 2.58 bits per heavy atom. The zero-order chi connectivity index (χ0) is 14.0. The van der Waals surface area contributed by atoms with Crippen molar-refractivity contribution < 1.29 is 9.18 Å². The average molecular weight is 284 g/mol. The van der Waals surface area contributed by atoms with Crippen LogP contribution < -0.4 is 0 Å². The van der Waals surface area contributed by atoms with Crippen LogP contribution in [0.1, 0.15) is 43.5 Å². The largest absolute Gasteiger partial charge is 0.292 e. The van der Waals surface area contributed by atoms with Gasteiger partial charge in [0.05, 0.1) is 11.1 Å². The maximum atomic E-state index is 13.9. The van der Waals surface area contributed by atoms with E-state index < -0.39 is 11.4 Å². The Morgan fingerprint density at radius 2 is 2.05 bits per heavy atom. The third-order valence-corrected chi connectivity index (χ3v) is 4.39. The van der Waals surface area contributed by atoms with Crippen molar-refractivity contribution in [1.82, 2.24) is 4.90 Å². The van der Waals surface area contributed by atoms with E-state index in [4.69, 9.17) is 11.6 Å². The molecule has 1 aromatic rings. The van der Waals surface area contributed by atoms with Gasteiger partial charge in [-0.3, -0.25) is 9.69 Å². The number of carbonyl (C=O) groups is 1. The summed E-state index contributed by atoms with van der Waals surface area (Å²) in [5.74, 6) is -0.678. The molecule has 0 amide bonds. The lowest BCUT2D eigenvalue weighted by Crippen LogP contribution is -2.50. The molecule has 0 spiro atoms. The van der Waals surface area contributed by atoms with Gasteiger partial charge in [0, 0.05) is 5.02 Å². The number of hydrogen-bond acceptors (Lipinski definition) is 2. The molecule has 1 fully saturated rings. The Kier molecular flexibility index (Phi) is 4.26. The molecule has 1 aliphatic heterocycles. The van der Waals surface area contributed by atoms with Crippen molar-refractivity contribution in [2.75, 3.05) is 13.1 Å². The smallest absolute Gasteiger partial charge is 0.185 e. The van der Waals surface area contributed by atoms with Gasteiger partial charge in [-0.2, -0.15) is 0 Å². The van der Waals surface area contributed by atoms with Gasteiger partial charge in [0.15, 0.2) is 5.78 Å². The van der Waals surface area contributed by atoms with Crippen LogP contribution in [0.15, 0.2) is 18.2 Å². The first-order chi connectivity index (χ1) is 8.99. The first-order valence-electron chi connectivity index (χ1n) is 6.74. The van der Waals surface area contributed by atoms with E-state index in [0.717, 1.165) is 25.9 Å². The molecule has 1 unspecified atom stereocenters. The van der Waals surface area contributed by atoms with Crippen molar-refractivity contribution in [3.63, 3.8) is 0 Å². The Balaban J connectivity index is 2.34. The highest BCUT2D eigenvalue weighted by Gasteiger charge is 2.40. The molecule has 0 aromatic heterocycles. The molecule has 1 aromatic carbocycles. The second-order valence-corrected chi connectivity index (χ2v) is 5.71. The molecule has 0 saturated carbocycles. The topological polar surface area (TPSA) is 20.3 Å². The Bertz CT molecular complexity index is 485. The summed E-state index contributed by atoms with van der Waals surface area (Å²) in [6.07, 6.45) is 2.88. The third kappa shape index (κ3) is 2.67. The van der Waals surface area contributed by atoms with Gasteiger partial charge in [-0.1, -0.05) is 18.5 Å². The third-order valence-electron chi connectivity index (χ3n) is 4.16. The van der Waals surface area contributed by atoms with Crippen LogP contribution >= 0.6 is 11.6 Å². The highest BCUT2D eigenvalue weighted by molar-refractivity contribution is 6.30. The number of halogens is 2. The second-order valence-electron chi connectivity index (χ2n) is 5.27. The lowest BCUT2D eigenvalue weighted by molar-refractivity contribution is 0.0643. The Labute approximate surface area is 118 Å². The molecule has 0 aliphatic carbocycles. The zero-order valence-corrected chi connectivity index (χ0v) is 12.1. The minimum absolute atomic E-state index is 0.139. The quantitative estimate of drug-likeness (QED) is 0.781. The van der Waals surface area contributed by atoms with E-state index in [-0.39, 0.29) is 11.3 Å². The summed E-state index contributed by atoms with van der Waals surface area (Å²) in [5, 5.41) is 0.313. The predicted octanol–water partition coefficient (Wildman–Crippen LogP) is 3.93. The molecule has 2 nitrogen and oxygen atoms in total. The molecule has 1 atom stereocenters. The summed E-state index contributed by atoms with van der Waals surface area (Å²) >= 11 is 5.74. The van der Waals surface area contributed by atoms with E-state index in [1.165, 1.54) is 12.1 Å². The fourth-order valence-corrected chi connectivity index (χ4v) is 2.86. The summed E-state index contributed by atoms with van der Waals surface area (Å²) < 4.78 is 13.9. The lowest BCUT2D eigenvalue weighted by atomic mass is 9.87. The van der Waals surface area contributed by atoms with Crippen LogP contribution in [0.2, 0.25) is 5.02 Å². The highest BCUT2D eigenvalue weighted by atomic mass is 35.5. The van der Waals surface area contributed by atoms with Crippen LogP contribution in [-0.2, 0) is 0 Å². The number of hydrogen-bond donors (Lipinski definition) is 0. The molecule has 1 heterocycles. The minimum Gasteiger partial charge on any atom is -0.292 e. The summed E-state index contributed by atoms with van der Waals surface area (Å²) in [6.45, 7) is 5.70. The monoisotopic (exact) mass is 283 g/mol. The number of likely N-dealkylation sites (tertiary alicyclic amines) is 1. The van der Waals surface area contributed by atoms with Gasteiger partial charge in [-0.25, -0.2) is 4.39 Å². The molecule has 2 rings (SSSR count). The van der Waals surface area contributed by atoms with Crippen LogP contribution in [0.5, 0.6) is 0 Å². The molecule has 1 saturated heterocycles. The number of carbonyl (C=O) groups excluding carboxylic acids is 1. The number of Topliss-reactive ketones (excluding diaryl/α,β-unsaturated/α-hetero) is 1. The lowest BCUT2D eigenvalue weighted by Gasteiger charge is -2.36. The van der Waals surface area contributed by atoms with Crippen LogP contribution in [0, 0.1) is 5.82 Å². The molecule has 19 heavy (non-hydrogen) atoms. The van der Waals surface area contributed by atoms with Crippen molar-refractivity contribution >= 4 is 17.4 Å². The van der Waals surface area contributed by atoms with Crippen molar-refractivity contribution in [2.45, 2.75) is 38.6 Å². The van der Waals surface area contributed by atoms with Crippen LogP contribution in [0.3, 0.4) is 0 Å². The SMILES string of the molecule is CCC(C)(C(=O)c1ccc(Cl)cc1F)N1CCCC1. The molecule has 104 valence electrons. The maximum absolute atomic E-state index is 13.9. The van der Waals surface area contributed by atoms with Gasteiger partial charge >= 0.3 is 0 Å². The van der Waals surface area contributed by atoms with E-state index in [0.29, 0.717) is 11.4 Å². The van der Waals surface area contributed by atoms with E-state index in [2.05, 4.69) is 4.90 Å². The van der Waals surface area contributed by atoms with Gasteiger partial charge in [-0.05, 0) is 57.5 Å². The Hall–Kier alpha value is -0.930. The average Bonchev–Trinajstić information content (AvgIpc) is 2.91. The Morgan fingerprint density at radius 1 is 1.42 bits per heavy atom. The standard InChI is InChI=1S/C15H19ClFNO/c1-3-15(2,18-8-4-5-9-18)14(19)12-7-6-11(16)10-13(12)17/h6-7,10H,3-5,8-9H2,1-2H3. The highest BCUT2D eigenvalue weighted by Crippen LogP contribution is 2.29. The van der Waals surface area contributed by atoms with Crippen molar-refractivity contribution in [1.29, 1.82) is 0 Å². The molecular weight excluding hydrogens is 265 g/mol. The van der Waals surface area contributed by atoms with Gasteiger partial charge in [-0.15, -0.1) is 0 Å². The van der Waals surface area contributed by atoms with Crippen molar-refractivity contribution in [2.24, 2.45) is 0 Å². The molecule has 4 heteroatoms. The van der Waals surface area contributed by atoms with E-state index in [1.807, 2.05) is 13.8 Å². The van der Waals surface area contributed by atoms with E-state index in [9.17, 15) is 9.18 Å². The van der Waals surface area contributed by atoms with E-state index >= 15 is 0 Å². The fraction of sp³-hybridized carbons (Fsp3) is 0.533. The van der Waals surface area contributed by atoms with Gasteiger partial charge < -0.3 is 0 Å². The number of rotatable bonds is 4. The molecular formula is C15H19ClFNO. The number of ketones is 1. The molecule has 0 radical (unpaired) electrons. The number of benzene rings is 1. The van der Waals surface area contributed by atoms with Crippen LogP contribution in [0.4, 0.5) is 4.39 Å². The minimum atomic E-state index is -0.620. The molecule has 1 aliphatic rings. The zero-order valence-electron chi connectivity index (χ0n) is 11.4. The first-order valence-corrected chi connectivity index (χ1v) is 7.11. The van der Waals surface area contributed by atoms with Gasteiger partial charge in [0.1, 0.15) is 5.82 Å². The molecule has 0 N–H and O–H groups in total. The summed E-state index contributed by atoms with van der Waals surface area (Å²) in [4.78, 5) is 14.9. The first kappa shape index (κ1) is 14.5. The maximum Gasteiger partial charge on any atom is 0.185 e. The van der Waals surface area contributed by atoms with Crippen molar-refractivity contribution in [3.05, 3.63) is 34.6 Å².